The zero-order chi connectivity index (χ0) is 13.9. The molecule has 1 N–H and O–H groups in total. The van der Waals surface area contributed by atoms with Crippen LogP contribution in [0.15, 0.2) is 6.20 Å². The molecule has 0 aromatic carbocycles. The van der Waals surface area contributed by atoms with E-state index in [0.29, 0.717) is 5.28 Å². The number of nitrogens with zero attached hydrogens (tertiary/aromatic N) is 3. The second kappa shape index (κ2) is 6.27. The first kappa shape index (κ1) is 14.1. The average molecular weight is 295 g/mol. The molecular weight excluding hydrogens is 272 g/mol. The SMILES string of the molecule is Cc1cnc(Cl)nc1NC[C@@H]1CCCN2CCCC[C@H]12. The number of rotatable bonds is 3. The van der Waals surface area contributed by atoms with Crippen LogP contribution in [0.25, 0.3) is 0 Å². The van der Waals surface area contributed by atoms with E-state index in [1.165, 1.54) is 45.2 Å². The van der Waals surface area contributed by atoms with Gasteiger partial charge in [0.2, 0.25) is 5.28 Å². The lowest BCUT2D eigenvalue weighted by atomic mass is 9.83. The van der Waals surface area contributed by atoms with Gasteiger partial charge in [-0.3, -0.25) is 0 Å². The predicted molar refractivity (Wildman–Crippen MR) is 82.2 cm³/mol. The molecule has 110 valence electrons. The highest BCUT2D eigenvalue weighted by Gasteiger charge is 2.32. The first-order chi connectivity index (χ1) is 9.74. The zero-order valence-electron chi connectivity index (χ0n) is 12.1. The number of hydrogen-bond acceptors (Lipinski definition) is 4. The van der Waals surface area contributed by atoms with Crippen molar-refractivity contribution in [2.75, 3.05) is 25.0 Å². The number of nitrogens with one attached hydrogen (secondary N) is 1. The van der Waals surface area contributed by atoms with Crippen molar-refractivity contribution in [2.45, 2.75) is 45.1 Å². The Kier molecular flexibility index (Phi) is 4.41. The van der Waals surface area contributed by atoms with Crippen molar-refractivity contribution in [2.24, 2.45) is 5.92 Å². The molecule has 0 spiro atoms. The lowest BCUT2D eigenvalue weighted by molar-refractivity contribution is 0.0649. The molecular formula is C15H23ClN4. The second-order valence-electron chi connectivity index (χ2n) is 6.05. The number of aromatic nitrogens is 2. The van der Waals surface area contributed by atoms with Crippen LogP contribution < -0.4 is 5.32 Å². The molecule has 2 aliphatic rings. The summed E-state index contributed by atoms with van der Waals surface area (Å²) in [5.74, 6) is 1.62. The molecule has 0 radical (unpaired) electrons. The van der Waals surface area contributed by atoms with E-state index < -0.39 is 0 Å². The summed E-state index contributed by atoms with van der Waals surface area (Å²) < 4.78 is 0. The minimum absolute atomic E-state index is 0.320. The molecule has 3 heterocycles. The summed E-state index contributed by atoms with van der Waals surface area (Å²) in [5, 5.41) is 3.81. The molecule has 4 nitrogen and oxygen atoms in total. The molecule has 20 heavy (non-hydrogen) atoms. The topological polar surface area (TPSA) is 41.1 Å². The van der Waals surface area contributed by atoms with Crippen molar-refractivity contribution in [3.63, 3.8) is 0 Å². The molecule has 5 heteroatoms. The molecule has 2 atom stereocenters. The van der Waals surface area contributed by atoms with Crippen molar-refractivity contribution in [3.8, 4) is 0 Å². The highest BCUT2D eigenvalue weighted by molar-refractivity contribution is 6.28. The third-order valence-electron chi connectivity index (χ3n) is 4.70. The highest BCUT2D eigenvalue weighted by Crippen LogP contribution is 2.31. The molecule has 2 fully saturated rings. The lowest BCUT2D eigenvalue weighted by Crippen LogP contribution is -2.49. The van der Waals surface area contributed by atoms with E-state index in [9.17, 15) is 0 Å². The summed E-state index contributed by atoms with van der Waals surface area (Å²) in [6, 6.07) is 0.766. The van der Waals surface area contributed by atoms with Crippen molar-refractivity contribution >= 4 is 17.4 Å². The van der Waals surface area contributed by atoms with Gasteiger partial charge in [-0.2, -0.15) is 0 Å². The fourth-order valence-corrected chi connectivity index (χ4v) is 3.78. The van der Waals surface area contributed by atoms with Crippen LogP contribution in [-0.2, 0) is 0 Å². The number of halogens is 1. The summed E-state index contributed by atoms with van der Waals surface area (Å²) in [4.78, 5) is 11.0. The summed E-state index contributed by atoms with van der Waals surface area (Å²) >= 11 is 5.88. The summed E-state index contributed by atoms with van der Waals surface area (Å²) in [6.45, 7) is 5.60. The van der Waals surface area contributed by atoms with Crippen LogP contribution in [-0.4, -0.2) is 40.5 Å². The number of hydrogen-bond donors (Lipinski definition) is 1. The Labute approximate surface area is 125 Å². The smallest absolute Gasteiger partial charge is 0.224 e. The van der Waals surface area contributed by atoms with Crippen molar-refractivity contribution < 1.29 is 0 Å². The monoisotopic (exact) mass is 294 g/mol. The highest BCUT2D eigenvalue weighted by atomic mass is 35.5. The van der Waals surface area contributed by atoms with E-state index in [1.54, 1.807) is 6.20 Å². The maximum atomic E-state index is 5.88. The lowest BCUT2D eigenvalue weighted by Gasteiger charge is -2.44. The van der Waals surface area contributed by atoms with Crippen LogP contribution in [0.4, 0.5) is 5.82 Å². The van der Waals surface area contributed by atoms with E-state index in [-0.39, 0.29) is 0 Å². The molecule has 0 amide bonds. The van der Waals surface area contributed by atoms with Crippen LogP contribution in [0.3, 0.4) is 0 Å². The summed E-state index contributed by atoms with van der Waals surface area (Å²) in [6.07, 6.45) is 8.55. The van der Waals surface area contributed by atoms with Crippen molar-refractivity contribution in [3.05, 3.63) is 17.0 Å². The first-order valence-electron chi connectivity index (χ1n) is 7.71. The van der Waals surface area contributed by atoms with Gasteiger partial charge in [0.15, 0.2) is 0 Å². The third-order valence-corrected chi connectivity index (χ3v) is 4.88. The van der Waals surface area contributed by atoms with Gasteiger partial charge in [0.1, 0.15) is 5.82 Å². The Morgan fingerprint density at radius 3 is 3.05 bits per heavy atom. The van der Waals surface area contributed by atoms with Crippen molar-refractivity contribution in [1.82, 2.24) is 14.9 Å². The van der Waals surface area contributed by atoms with Gasteiger partial charge in [-0.1, -0.05) is 6.42 Å². The van der Waals surface area contributed by atoms with E-state index in [4.69, 9.17) is 11.6 Å². The van der Waals surface area contributed by atoms with Crippen molar-refractivity contribution in [1.29, 1.82) is 0 Å². The van der Waals surface area contributed by atoms with E-state index >= 15 is 0 Å². The largest absolute Gasteiger partial charge is 0.369 e. The standard InChI is InChI=1S/C15H23ClN4/c1-11-9-18-15(16)19-14(11)17-10-12-5-4-8-20-7-3-2-6-13(12)20/h9,12-13H,2-8,10H2,1H3,(H,17,18,19)/t12-,13+/m0/s1. The molecule has 0 unspecified atom stereocenters. The minimum Gasteiger partial charge on any atom is -0.369 e. The molecule has 2 aliphatic heterocycles. The van der Waals surface area contributed by atoms with Crippen LogP contribution >= 0.6 is 11.6 Å². The molecule has 1 aromatic rings. The Bertz CT molecular complexity index is 463. The normalized spacial score (nSPS) is 27.1. The van der Waals surface area contributed by atoms with Gasteiger partial charge in [-0.05, 0) is 63.2 Å². The van der Waals surface area contributed by atoms with Crippen LogP contribution in [0, 0.1) is 12.8 Å². The predicted octanol–water partition coefficient (Wildman–Crippen LogP) is 3.11. The number of piperidine rings is 2. The quantitative estimate of drug-likeness (QED) is 0.870. The van der Waals surface area contributed by atoms with E-state index in [0.717, 1.165) is 29.9 Å². The van der Waals surface area contributed by atoms with Crippen LogP contribution in [0.1, 0.15) is 37.7 Å². The Balaban J connectivity index is 1.63. The maximum Gasteiger partial charge on any atom is 0.224 e. The van der Waals surface area contributed by atoms with Gasteiger partial charge in [-0.25, -0.2) is 9.97 Å². The Morgan fingerprint density at radius 1 is 1.30 bits per heavy atom. The second-order valence-corrected chi connectivity index (χ2v) is 6.39. The van der Waals surface area contributed by atoms with Crippen LogP contribution in [0.5, 0.6) is 0 Å². The van der Waals surface area contributed by atoms with Gasteiger partial charge in [0.05, 0.1) is 0 Å². The fraction of sp³-hybridized carbons (Fsp3) is 0.733. The number of aryl methyl sites for hydroxylation is 1. The average Bonchev–Trinajstić information content (AvgIpc) is 2.48. The molecule has 2 saturated heterocycles. The molecule has 0 aliphatic carbocycles. The number of fused-ring (bicyclic) bond motifs is 1. The number of anilines is 1. The Morgan fingerprint density at radius 2 is 2.15 bits per heavy atom. The van der Waals surface area contributed by atoms with Gasteiger partial charge in [0, 0.05) is 24.3 Å². The van der Waals surface area contributed by atoms with Gasteiger partial charge >= 0.3 is 0 Å². The minimum atomic E-state index is 0.320. The molecule has 1 aromatic heterocycles. The Hall–Kier alpha value is -0.870. The summed E-state index contributed by atoms with van der Waals surface area (Å²) in [5.41, 5.74) is 1.06. The fourth-order valence-electron chi connectivity index (χ4n) is 3.64. The molecule has 0 saturated carbocycles. The molecule has 0 bridgehead atoms. The van der Waals surface area contributed by atoms with Gasteiger partial charge < -0.3 is 10.2 Å². The van der Waals surface area contributed by atoms with Gasteiger partial charge in [0.25, 0.3) is 0 Å². The third kappa shape index (κ3) is 3.07. The van der Waals surface area contributed by atoms with E-state index in [1.807, 2.05) is 6.92 Å². The van der Waals surface area contributed by atoms with E-state index in [2.05, 4.69) is 20.2 Å². The first-order valence-corrected chi connectivity index (χ1v) is 8.09. The molecule has 3 rings (SSSR count). The van der Waals surface area contributed by atoms with Gasteiger partial charge in [-0.15, -0.1) is 0 Å². The summed E-state index contributed by atoms with van der Waals surface area (Å²) in [7, 11) is 0. The maximum absolute atomic E-state index is 5.88. The zero-order valence-corrected chi connectivity index (χ0v) is 12.9. The van der Waals surface area contributed by atoms with Crippen LogP contribution in [0.2, 0.25) is 5.28 Å².